The van der Waals surface area contributed by atoms with Crippen molar-refractivity contribution in [3.8, 4) is 0 Å². The summed E-state index contributed by atoms with van der Waals surface area (Å²) < 4.78 is 2.08. The molecule has 1 heterocycles. The van der Waals surface area contributed by atoms with Gasteiger partial charge in [0.05, 0.1) is 11.1 Å². The van der Waals surface area contributed by atoms with Gasteiger partial charge in [-0.05, 0) is 51.0 Å². The van der Waals surface area contributed by atoms with Crippen LogP contribution in [0.1, 0.15) is 38.8 Å². The van der Waals surface area contributed by atoms with Crippen molar-refractivity contribution >= 4 is 31.9 Å². The van der Waals surface area contributed by atoms with Gasteiger partial charge in [-0.2, -0.15) is 5.06 Å². The molecule has 0 saturated carbocycles. The van der Waals surface area contributed by atoms with Gasteiger partial charge in [0.15, 0.2) is 0 Å². The highest BCUT2D eigenvalue weighted by Crippen LogP contribution is 2.52. The van der Waals surface area contributed by atoms with Crippen molar-refractivity contribution in [2.45, 2.75) is 38.8 Å². The van der Waals surface area contributed by atoms with Gasteiger partial charge in [-0.1, -0.05) is 31.9 Å². The highest BCUT2D eigenvalue weighted by atomic mass is 79.9. The van der Waals surface area contributed by atoms with Crippen molar-refractivity contribution in [2.24, 2.45) is 0 Å². The third-order valence-corrected chi connectivity index (χ3v) is 4.71. The second kappa shape index (κ2) is 3.55. The predicted molar refractivity (Wildman–Crippen MR) is 71.5 cm³/mol. The van der Waals surface area contributed by atoms with Gasteiger partial charge in [0.1, 0.15) is 0 Å². The summed E-state index contributed by atoms with van der Waals surface area (Å²) in [6.45, 7) is 8.10. The maximum Gasteiger partial charge on any atom is 0.0677 e. The number of nitrogens with zero attached hydrogens (tertiary/aromatic N) is 1. The van der Waals surface area contributed by atoms with Gasteiger partial charge < -0.3 is 5.21 Å². The molecular weight excluding hydrogens is 334 g/mol. The highest BCUT2D eigenvalue weighted by molar-refractivity contribution is 9.11. The van der Waals surface area contributed by atoms with Gasteiger partial charge in [0.2, 0.25) is 0 Å². The van der Waals surface area contributed by atoms with Crippen LogP contribution in [0.5, 0.6) is 0 Å². The second-order valence-corrected chi connectivity index (χ2v) is 6.92. The molecule has 1 aromatic rings. The number of rotatable bonds is 0. The molecule has 0 aliphatic carbocycles. The Bertz CT molecular complexity index is 414. The van der Waals surface area contributed by atoms with E-state index in [4.69, 9.17) is 0 Å². The number of benzene rings is 1. The fourth-order valence-electron chi connectivity index (χ4n) is 2.66. The Labute approximate surface area is 113 Å². The van der Waals surface area contributed by atoms with Gasteiger partial charge in [-0.15, -0.1) is 0 Å². The van der Waals surface area contributed by atoms with Gasteiger partial charge in [0, 0.05) is 8.95 Å². The first-order valence-electron chi connectivity index (χ1n) is 5.19. The smallest absolute Gasteiger partial charge is 0.0677 e. The molecule has 0 fully saturated rings. The minimum atomic E-state index is -0.387. The third kappa shape index (κ3) is 1.43. The molecule has 2 rings (SSSR count). The molecule has 88 valence electrons. The number of hydrogen-bond acceptors (Lipinski definition) is 2. The number of halogens is 2. The average Bonchev–Trinajstić information content (AvgIpc) is 2.32. The molecule has 0 bridgehead atoms. The van der Waals surface area contributed by atoms with Crippen LogP contribution in [0.2, 0.25) is 0 Å². The normalized spacial score (nSPS) is 22.2. The van der Waals surface area contributed by atoms with Crippen LogP contribution >= 0.6 is 31.9 Å². The summed E-state index contributed by atoms with van der Waals surface area (Å²) in [7, 11) is 0. The summed E-state index contributed by atoms with van der Waals surface area (Å²) in [4.78, 5) is 0. The van der Waals surface area contributed by atoms with Crippen LogP contribution in [0, 0.1) is 0 Å². The van der Waals surface area contributed by atoms with E-state index in [1.165, 1.54) is 5.06 Å². The average molecular weight is 349 g/mol. The van der Waals surface area contributed by atoms with Crippen LogP contribution in [0.25, 0.3) is 0 Å². The molecule has 0 spiro atoms. The summed E-state index contributed by atoms with van der Waals surface area (Å²) >= 11 is 7.16. The van der Waals surface area contributed by atoms with Gasteiger partial charge in [0.25, 0.3) is 0 Å². The van der Waals surface area contributed by atoms with E-state index in [1.807, 2.05) is 39.8 Å². The quantitative estimate of drug-likeness (QED) is 0.751. The van der Waals surface area contributed by atoms with Crippen molar-refractivity contribution in [2.75, 3.05) is 0 Å². The lowest BCUT2D eigenvalue weighted by atomic mass is 9.91. The molecule has 1 aromatic carbocycles. The first-order chi connectivity index (χ1) is 7.20. The first-order valence-corrected chi connectivity index (χ1v) is 6.77. The molecule has 1 N–H and O–H groups in total. The van der Waals surface area contributed by atoms with Gasteiger partial charge in [-0.3, -0.25) is 0 Å². The van der Waals surface area contributed by atoms with Crippen molar-refractivity contribution in [1.29, 1.82) is 0 Å². The first kappa shape index (κ1) is 12.6. The fraction of sp³-hybridized carbons (Fsp3) is 0.500. The summed E-state index contributed by atoms with van der Waals surface area (Å²) in [6, 6.07) is 4.03. The Kier molecular flexibility index (Phi) is 2.78. The molecule has 1 aliphatic rings. The fourth-order valence-corrected chi connectivity index (χ4v) is 4.29. The Morgan fingerprint density at radius 3 is 1.56 bits per heavy atom. The zero-order valence-electron chi connectivity index (χ0n) is 9.81. The lowest BCUT2D eigenvalue weighted by Gasteiger charge is -2.35. The van der Waals surface area contributed by atoms with E-state index >= 15 is 0 Å². The largest absolute Gasteiger partial charge is 0.312 e. The molecule has 16 heavy (non-hydrogen) atoms. The van der Waals surface area contributed by atoms with E-state index in [2.05, 4.69) is 31.9 Å². The molecule has 0 aromatic heterocycles. The Morgan fingerprint density at radius 1 is 0.938 bits per heavy atom. The molecule has 1 aliphatic heterocycles. The van der Waals surface area contributed by atoms with E-state index in [0.29, 0.717) is 0 Å². The molecular formula is C12H15Br2NO. The monoisotopic (exact) mass is 347 g/mol. The number of hydrogen-bond donors (Lipinski definition) is 1. The van der Waals surface area contributed by atoms with Crippen LogP contribution in [-0.2, 0) is 11.1 Å². The van der Waals surface area contributed by atoms with Crippen LogP contribution in [0.15, 0.2) is 21.1 Å². The maximum atomic E-state index is 10.3. The Hall–Kier alpha value is 0.1000. The zero-order valence-corrected chi connectivity index (χ0v) is 13.0. The van der Waals surface area contributed by atoms with E-state index in [9.17, 15) is 5.21 Å². The summed E-state index contributed by atoms with van der Waals surface area (Å²) in [5.74, 6) is 0. The summed E-state index contributed by atoms with van der Waals surface area (Å²) in [5.41, 5.74) is 1.52. The summed E-state index contributed by atoms with van der Waals surface area (Å²) in [5, 5.41) is 11.8. The van der Waals surface area contributed by atoms with Crippen molar-refractivity contribution in [3.63, 3.8) is 0 Å². The lowest BCUT2D eigenvalue weighted by molar-refractivity contribution is -0.216. The molecule has 0 unspecified atom stereocenters. The Morgan fingerprint density at radius 2 is 1.25 bits per heavy atom. The predicted octanol–water partition coefficient (Wildman–Crippen LogP) is 4.39. The van der Waals surface area contributed by atoms with Crippen molar-refractivity contribution in [3.05, 3.63) is 32.2 Å². The highest BCUT2D eigenvalue weighted by Gasteiger charge is 2.50. The zero-order chi connectivity index (χ0) is 12.3. The van der Waals surface area contributed by atoms with Crippen LogP contribution in [0.3, 0.4) is 0 Å². The van der Waals surface area contributed by atoms with Crippen LogP contribution in [-0.4, -0.2) is 10.3 Å². The topological polar surface area (TPSA) is 23.5 Å². The van der Waals surface area contributed by atoms with E-state index in [-0.39, 0.29) is 11.1 Å². The number of hydroxylamine groups is 2. The minimum Gasteiger partial charge on any atom is -0.312 e. The van der Waals surface area contributed by atoms with E-state index in [1.54, 1.807) is 0 Å². The Balaban J connectivity index is 2.85. The van der Waals surface area contributed by atoms with Crippen LogP contribution in [0.4, 0.5) is 0 Å². The summed E-state index contributed by atoms with van der Waals surface area (Å²) in [6.07, 6.45) is 0. The second-order valence-electron chi connectivity index (χ2n) is 5.21. The molecule has 0 saturated heterocycles. The maximum absolute atomic E-state index is 10.3. The molecule has 4 heteroatoms. The van der Waals surface area contributed by atoms with Crippen LogP contribution < -0.4 is 0 Å². The van der Waals surface area contributed by atoms with E-state index < -0.39 is 0 Å². The van der Waals surface area contributed by atoms with Gasteiger partial charge in [-0.25, -0.2) is 0 Å². The van der Waals surface area contributed by atoms with Gasteiger partial charge >= 0.3 is 0 Å². The lowest BCUT2D eigenvalue weighted by Crippen LogP contribution is -2.42. The molecule has 2 nitrogen and oxygen atoms in total. The minimum absolute atomic E-state index is 0.387. The standard InChI is InChI=1S/C12H15Br2NO/c1-11(2)9-7(13)5-6-8(14)10(9)12(3,4)15(11)16/h5-6,16H,1-4H3. The molecule has 0 amide bonds. The third-order valence-electron chi connectivity index (χ3n) is 3.39. The number of fused-ring (bicyclic) bond motifs is 1. The molecule has 0 radical (unpaired) electrons. The van der Waals surface area contributed by atoms with Crippen molar-refractivity contribution < 1.29 is 5.21 Å². The molecule has 0 atom stereocenters. The van der Waals surface area contributed by atoms with Crippen molar-refractivity contribution in [1.82, 2.24) is 5.06 Å². The SMILES string of the molecule is CC1(C)c2c(Br)ccc(Br)c2C(C)(C)N1O. The van der Waals surface area contributed by atoms with E-state index in [0.717, 1.165) is 20.1 Å².